The van der Waals surface area contributed by atoms with Crippen LogP contribution in [0.2, 0.25) is 5.04 Å². The fourth-order valence-corrected chi connectivity index (χ4v) is 8.75. The highest BCUT2D eigenvalue weighted by atomic mass is 28.4. The molecule has 0 aliphatic rings. The molecular weight excluding hydrogens is 428 g/mol. The smallest absolute Gasteiger partial charge is 0.261 e. The Bertz CT molecular complexity index is 792. The summed E-state index contributed by atoms with van der Waals surface area (Å²) in [5.74, 6) is 0.000714. The van der Waals surface area contributed by atoms with Gasteiger partial charge in [0.05, 0.1) is 38.4 Å². The summed E-state index contributed by atoms with van der Waals surface area (Å²) in [6.45, 7) is 10.3. The van der Waals surface area contributed by atoms with E-state index in [9.17, 15) is 5.26 Å². The third kappa shape index (κ3) is 8.06. The quantitative estimate of drug-likeness (QED) is 0.313. The van der Waals surface area contributed by atoms with Gasteiger partial charge in [-0.15, -0.1) is 0 Å². The first-order chi connectivity index (χ1) is 15.8. The van der Waals surface area contributed by atoms with Crippen LogP contribution in [0.1, 0.15) is 27.2 Å². The van der Waals surface area contributed by atoms with Gasteiger partial charge in [0.15, 0.2) is 0 Å². The van der Waals surface area contributed by atoms with E-state index in [2.05, 4.69) is 87.5 Å². The molecule has 0 N–H and O–H groups in total. The summed E-state index contributed by atoms with van der Waals surface area (Å²) < 4.78 is 18.3. The van der Waals surface area contributed by atoms with Gasteiger partial charge in [0.1, 0.15) is 0 Å². The number of rotatable bonds is 14. The third-order valence-corrected chi connectivity index (χ3v) is 10.8. The molecule has 0 aromatic heterocycles. The molecule has 2 rings (SSSR count). The van der Waals surface area contributed by atoms with E-state index in [1.807, 2.05) is 19.0 Å². The second-order valence-electron chi connectivity index (χ2n) is 9.61. The molecule has 0 heterocycles. The Morgan fingerprint density at radius 1 is 0.818 bits per heavy atom. The first-order valence-electron chi connectivity index (χ1n) is 11.8. The van der Waals surface area contributed by atoms with Gasteiger partial charge in [-0.3, -0.25) is 0 Å². The van der Waals surface area contributed by atoms with E-state index in [1.54, 1.807) is 0 Å². The lowest BCUT2D eigenvalue weighted by Crippen LogP contribution is -2.66. The van der Waals surface area contributed by atoms with Gasteiger partial charge in [-0.05, 0) is 35.9 Å². The van der Waals surface area contributed by atoms with E-state index in [-0.39, 0.29) is 11.0 Å². The van der Waals surface area contributed by atoms with Crippen LogP contribution >= 0.6 is 0 Å². The molecule has 2 aromatic rings. The first-order valence-corrected chi connectivity index (χ1v) is 13.7. The Hall–Kier alpha value is -2.01. The second kappa shape index (κ2) is 13.6. The molecule has 33 heavy (non-hydrogen) atoms. The molecule has 1 unspecified atom stereocenters. The number of nitriles is 1. The van der Waals surface area contributed by atoms with Crippen molar-refractivity contribution in [2.75, 3.05) is 53.7 Å². The fraction of sp³-hybridized carbons (Fsp3) is 0.519. The molecule has 0 amide bonds. The molecule has 180 valence electrons. The Morgan fingerprint density at radius 3 is 1.76 bits per heavy atom. The van der Waals surface area contributed by atoms with Gasteiger partial charge in [0.25, 0.3) is 8.32 Å². The molecule has 2 aromatic carbocycles. The van der Waals surface area contributed by atoms with Crippen LogP contribution in [-0.2, 0) is 13.9 Å². The van der Waals surface area contributed by atoms with Gasteiger partial charge in [-0.2, -0.15) is 5.26 Å². The maximum atomic E-state index is 9.19. The summed E-state index contributed by atoms with van der Waals surface area (Å²) in [6, 6.07) is 23.6. The van der Waals surface area contributed by atoms with Gasteiger partial charge in [-0.1, -0.05) is 81.4 Å². The molecule has 6 heteroatoms. The molecule has 0 radical (unpaired) electrons. The zero-order valence-corrected chi connectivity index (χ0v) is 21.9. The minimum atomic E-state index is -2.51. The van der Waals surface area contributed by atoms with Crippen molar-refractivity contribution in [3.63, 3.8) is 0 Å². The summed E-state index contributed by atoms with van der Waals surface area (Å²) in [4.78, 5) is 2.03. The predicted molar refractivity (Wildman–Crippen MR) is 137 cm³/mol. The van der Waals surface area contributed by atoms with Gasteiger partial charge < -0.3 is 18.8 Å². The van der Waals surface area contributed by atoms with E-state index in [0.29, 0.717) is 33.0 Å². The maximum absolute atomic E-state index is 9.19. The fourth-order valence-electron chi connectivity index (χ4n) is 4.20. The van der Waals surface area contributed by atoms with E-state index < -0.39 is 8.32 Å². The third-order valence-electron chi connectivity index (χ3n) is 5.71. The van der Waals surface area contributed by atoms with Crippen molar-refractivity contribution in [3.05, 3.63) is 60.7 Å². The molecule has 0 spiro atoms. The van der Waals surface area contributed by atoms with Crippen molar-refractivity contribution in [2.24, 2.45) is 5.92 Å². The van der Waals surface area contributed by atoms with E-state index in [1.165, 1.54) is 10.4 Å². The molecule has 5 nitrogen and oxygen atoms in total. The van der Waals surface area contributed by atoms with Gasteiger partial charge >= 0.3 is 0 Å². The first kappa shape index (κ1) is 27.2. The highest BCUT2D eigenvalue weighted by Gasteiger charge is 2.49. The van der Waals surface area contributed by atoms with Crippen LogP contribution in [0.3, 0.4) is 0 Å². The Kier molecular flexibility index (Phi) is 11.3. The van der Waals surface area contributed by atoms with Gasteiger partial charge in [-0.25, -0.2) is 0 Å². The number of nitrogens with zero attached hydrogens (tertiary/aromatic N) is 2. The average Bonchev–Trinajstić information content (AvgIpc) is 2.79. The average molecular weight is 469 g/mol. The predicted octanol–water partition coefficient (Wildman–Crippen LogP) is 3.69. The summed E-state index contributed by atoms with van der Waals surface area (Å²) in [5.41, 5.74) is 0. The van der Waals surface area contributed by atoms with Crippen LogP contribution < -0.4 is 10.4 Å². The topological polar surface area (TPSA) is 54.7 Å². The van der Waals surface area contributed by atoms with Gasteiger partial charge in [0, 0.05) is 13.2 Å². The second-order valence-corrected chi connectivity index (χ2v) is 13.9. The summed E-state index contributed by atoms with van der Waals surface area (Å²) in [6.07, 6.45) is 0.742. The Balaban J connectivity index is 1.88. The van der Waals surface area contributed by atoms with Crippen LogP contribution in [0.5, 0.6) is 0 Å². The van der Waals surface area contributed by atoms with Crippen molar-refractivity contribution < 1.29 is 13.9 Å². The Morgan fingerprint density at radius 2 is 1.30 bits per heavy atom. The molecule has 1 atom stereocenters. The number of hydrogen-bond acceptors (Lipinski definition) is 5. The molecule has 0 saturated heterocycles. The molecular formula is C27H40N2O3Si. The van der Waals surface area contributed by atoms with Crippen molar-refractivity contribution in [3.8, 4) is 6.07 Å². The lowest BCUT2D eigenvalue weighted by atomic mass is 10.1. The summed E-state index contributed by atoms with van der Waals surface area (Å²) >= 11 is 0. The van der Waals surface area contributed by atoms with Gasteiger partial charge in [0.2, 0.25) is 0 Å². The van der Waals surface area contributed by atoms with Crippen LogP contribution in [0.25, 0.3) is 0 Å². The summed E-state index contributed by atoms with van der Waals surface area (Å²) in [5, 5.41) is 11.7. The van der Waals surface area contributed by atoms with Crippen molar-refractivity contribution >= 4 is 18.7 Å². The van der Waals surface area contributed by atoms with Crippen LogP contribution in [-0.4, -0.2) is 66.9 Å². The van der Waals surface area contributed by atoms with E-state index in [0.717, 1.165) is 13.0 Å². The lowest BCUT2D eigenvalue weighted by molar-refractivity contribution is 0.0321. The van der Waals surface area contributed by atoms with Crippen LogP contribution in [0.4, 0.5) is 0 Å². The standard InChI is InChI=1S/C27H40N2O3Si/c1-27(2,3)33(25-12-8-6-9-13-25,26-14-10-7-11-15-26)32-21-20-31-19-18-30-17-16-24(22-28)23-29(4)5/h6-15,24H,16-21,23H2,1-5H3. The lowest BCUT2D eigenvalue weighted by Gasteiger charge is -2.43. The number of hydrogen-bond donors (Lipinski definition) is 0. The minimum absolute atomic E-state index is 0.000714. The maximum Gasteiger partial charge on any atom is 0.261 e. The number of benzene rings is 2. The van der Waals surface area contributed by atoms with E-state index >= 15 is 0 Å². The van der Waals surface area contributed by atoms with E-state index in [4.69, 9.17) is 13.9 Å². The van der Waals surface area contributed by atoms with Crippen LogP contribution in [0.15, 0.2) is 60.7 Å². The zero-order chi connectivity index (χ0) is 24.2. The molecule has 0 bridgehead atoms. The van der Waals surface area contributed by atoms with Crippen molar-refractivity contribution in [2.45, 2.75) is 32.2 Å². The highest BCUT2D eigenvalue weighted by molar-refractivity contribution is 6.99. The molecule has 0 aliphatic heterocycles. The largest absolute Gasteiger partial charge is 0.405 e. The molecule has 0 aliphatic carbocycles. The highest BCUT2D eigenvalue weighted by Crippen LogP contribution is 2.36. The van der Waals surface area contributed by atoms with Crippen molar-refractivity contribution in [1.29, 1.82) is 5.26 Å². The van der Waals surface area contributed by atoms with Crippen LogP contribution in [0, 0.1) is 17.2 Å². The normalized spacial score (nSPS) is 13.1. The zero-order valence-electron chi connectivity index (χ0n) is 20.9. The SMILES string of the molecule is CN(C)CC(C#N)CCOCCOCCO[Si](c1ccccc1)(c1ccccc1)C(C)(C)C. The monoisotopic (exact) mass is 468 g/mol. The molecule has 0 saturated carbocycles. The van der Waals surface area contributed by atoms with Crippen molar-refractivity contribution in [1.82, 2.24) is 4.90 Å². The molecule has 0 fully saturated rings. The summed E-state index contributed by atoms with van der Waals surface area (Å²) in [7, 11) is 1.45. The minimum Gasteiger partial charge on any atom is -0.405 e. The number of ether oxygens (including phenoxy) is 2. The Labute approximate surface area is 201 Å².